The van der Waals surface area contributed by atoms with Crippen LogP contribution in [0.15, 0.2) is 29.2 Å². The lowest BCUT2D eigenvalue weighted by molar-refractivity contribution is -0.118. The zero-order valence-corrected chi connectivity index (χ0v) is 9.64. The van der Waals surface area contributed by atoms with Crippen molar-refractivity contribution in [3.63, 3.8) is 0 Å². The molecule has 80 valence electrons. The molecule has 0 aliphatic carbocycles. The first kappa shape index (κ1) is 10.7. The summed E-state index contributed by atoms with van der Waals surface area (Å²) in [6.07, 6.45) is 2.02. The molecule has 0 bridgehead atoms. The van der Waals surface area contributed by atoms with Gasteiger partial charge >= 0.3 is 0 Å². The van der Waals surface area contributed by atoms with Crippen molar-refractivity contribution in [1.29, 1.82) is 0 Å². The van der Waals surface area contributed by atoms with E-state index < -0.39 is 0 Å². The van der Waals surface area contributed by atoms with E-state index in [1.807, 2.05) is 12.1 Å². The molecule has 2 nitrogen and oxygen atoms in total. The Balaban J connectivity index is 2.38. The molecule has 0 fully saturated rings. The second-order valence-electron chi connectivity index (χ2n) is 3.84. The molecule has 1 unspecified atom stereocenters. The zero-order chi connectivity index (χ0) is 10.7. The Kier molecular flexibility index (Phi) is 3.44. The van der Waals surface area contributed by atoms with Gasteiger partial charge in [-0.05, 0) is 43.3 Å². The minimum absolute atomic E-state index is 0.0933. The fourth-order valence-corrected chi connectivity index (χ4v) is 2.82. The topological polar surface area (TPSA) is 29.1 Å². The maximum absolute atomic E-state index is 11.6. The number of Topliss-reactive ketones (excluding diaryl/α,β-unsaturated/α-hetero) is 1. The van der Waals surface area contributed by atoms with Crippen molar-refractivity contribution in [3.05, 3.63) is 29.8 Å². The summed E-state index contributed by atoms with van der Waals surface area (Å²) in [6, 6.07) is 8.18. The number of nitrogens with one attached hydrogen (secondary N) is 1. The Hall–Kier alpha value is -0.800. The third kappa shape index (κ3) is 2.41. The molecule has 1 atom stereocenters. The molecule has 0 saturated heterocycles. The number of ketones is 1. The molecular formula is C12H15NOS. The van der Waals surface area contributed by atoms with Gasteiger partial charge in [-0.2, -0.15) is 0 Å². The normalized spacial score (nSPS) is 21.3. The monoisotopic (exact) mass is 221 g/mol. The number of fused-ring (bicyclic) bond motifs is 1. The highest BCUT2D eigenvalue weighted by atomic mass is 32.2. The van der Waals surface area contributed by atoms with Gasteiger partial charge in [-0.1, -0.05) is 18.2 Å². The molecule has 0 saturated carbocycles. The predicted molar refractivity (Wildman–Crippen MR) is 63.0 cm³/mol. The van der Waals surface area contributed by atoms with E-state index in [2.05, 4.69) is 16.9 Å². The largest absolute Gasteiger partial charge is 0.299 e. The lowest BCUT2D eigenvalue weighted by Crippen LogP contribution is -2.17. The van der Waals surface area contributed by atoms with Gasteiger partial charge in [0.2, 0.25) is 0 Å². The maximum atomic E-state index is 11.6. The smallest absolute Gasteiger partial charge is 0.137 e. The maximum Gasteiger partial charge on any atom is 0.137 e. The number of carbonyl (C=O) groups excluding carboxylic acids is 1. The van der Waals surface area contributed by atoms with Crippen molar-refractivity contribution >= 4 is 17.7 Å². The van der Waals surface area contributed by atoms with E-state index in [0.29, 0.717) is 0 Å². The Labute approximate surface area is 94.6 Å². The van der Waals surface area contributed by atoms with E-state index >= 15 is 0 Å². The number of hydrogen-bond acceptors (Lipinski definition) is 3. The van der Waals surface area contributed by atoms with Crippen LogP contribution in [-0.4, -0.2) is 12.3 Å². The molecule has 0 amide bonds. The number of benzene rings is 1. The first-order valence-electron chi connectivity index (χ1n) is 5.28. The van der Waals surface area contributed by atoms with Crippen LogP contribution < -0.4 is 4.72 Å². The lowest BCUT2D eigenvalue weighted by atomic mass is 9.91. The van der Waals surface area contributed by atoms with Crippen molar-refractivity contribution in [2.45, 2.75) is 30.6 Å². The van der Waals surface area contributed by atoms with Crippen molar-refractivity contribution in [2.75, 3.05) is 6.54 Å². The Morgan fingerprint density at radius 3 is 3.07 bits per heavy atom. The van der Waals surface area contributed by atoms with Gasteiger partial charge in [0.05, 0.1) is 0 Å². The van der Waals surface area contributed by atoms with Crippen LogP contribution in [0.4, 0.5) is 0 Å². The first-order chi connectivity index (χ1) is 7.29. The van der Waals surface area contributed by atoms with Crippen LogP contribution in [0.3, 0.4) is 0 Å². The zero-order valence-electron chi connectivity index (χ0n) is 8.82. The third-order valence-electron chi connectivity index (χ3n) is 2.74. The molecule has 1 heterocycles. The standard InChI is InChI=1S/C12H15NOS/c1-9(14)10-6-4-8-13-15-12-7-3-2-5-11(10)12/h2-3,5,7,10,13H,4,6,8H2,1H3. The van der Waals surface area contributed by atoms with E-state index in [0.717, 1.165) is 19.4 Å². The van der Waals surface area contributed by atoms with Crippen molar-refractivity contribution in [1.82, 2.24) is 4.72 Å². The summed E-state index contributed by atoms with van der Waals surface area (Å²) in [4.78, 5) is 12.8. The minimum Gasteiger partial charge on any atom is -0.299 e. The SMILES string of the molecule is CC(=O)C1CCCNSc2ccccc21. The van der Waals surface area contributed by atoms with Crippen LogP contribution in [0.2, 0.25) is 0 Å². The number of hydrogen-bond donors (Lipinski definition) is 1. The van der Waals surface area contributed by atoms with Gasteiger partial charge in [0.25, 0.3) is 0 Å². The fourth-order valence-electron chi connectivity index (χ4n) is 1.95. The van der Waals surface area contributed by atoms with E-state index in [1.54, 1.807) is 18.9 Å². The second-order valence-corrected chi connectivity index (χ2v) is 4.77. The van der Waals surface area contributed by atoms with Crippen LogP contribution in [-0.2, 0) is 4.79 Å². The van der Waals surface area contributed by atoms with Crippen LogP contribution in [0.1, 0.15) is 31.2 Å². The van der Waals surface area contributed by atoms with Crippen molar-refractivity contribution in [3.8, 4) is 0 Å². The minimum atomic E-state index is 0.0933. The molecule has 1 aliphatic rings. The lowest BCUT2D eigenvalue weighted by Gasteiger charge is -2.20. The van der Waals surface area contributed by atoms with Gasteiger partial charge in [-0.3, -0.25) is 9.52 Å². The first-order valence-corrected chi connectivity index (χ1v) is 6.10. The van der Waals surface area contributed by atoms with Gasteiger partial charge in [-0.25, -0.2) is 0 Å². The van der Waals surface area contributed by atoms with Gasteiger partial charge < -0.3 is 0 Å². The summed E-state index contributed by atoms with van der Waals surface area (Å²) in [7, 11) is 0. The van der Waals surface area contributed by atoms with Crippen LogP contribution in [0.25, 0.3) is 0 Å². The van der Waals surface area contributed by atoms with E-state index in [1.165, 1.54) is 10.5 Å². The summed E-state index contributed by atoms with van der Waals surface area (Å²) in [5.41, 5.74) is 1.18. The molecule has 1 N–H and O–H groups in total. The molecule has 1 aromatic carbocycles. The second kappa shape index (κ2) is 4.81. The van der Waals surface area contributed by atoms with Crippen molar-refractivity contribution < 1.29 is 4.79 Å². The molecular weight excluding hydrogens is 206 g/mol. The van der Waals surface area contributed by atoms with E-state index in [4.69, 9.17) is 0 Å². The molecule has 2 rings (SSSR count). The Bertz CT molecular complexity index is 364. The van der Waals surface area contributed by atoms with Gasteiger partial charge in [0, 0.05) is 17.4 Å². The van der Waals surface area contributed by atoms with Gasteiger partial charge in [0.15, 0.2) is 0 Å². The summed E-state index contributed by atoms with van der Waals surface area (Å²) >= 11 is 1.64. The molecule has 3 heteroatoms. The van der Waals surface area contributed by atoms with E-state index in [-0.39, 0.29) is 11.7 Å². The molecule has 15 heavy (non-hydrogen) atoms. The molecule has 1 aliphatic heterocycles. The fraction of sp³-hybridized carbons (Fsp3) is 0.417. The Morgan fingerprint density at radius 1 is 1.47 bits per heavy atom. The average molecular weight is 221 g/mol. The van der Waals surface area contributed by atoms with Gasteiger partial charge in [-0.15, -0.1) is 0 Å². The van der Waals surface area contributed by atoms with Crippen LogP contribution in [0, 0.1) is 0 Å². The van der Waals surface area contributed by atoms with Crippen molar-refractivity contribution in [2.24, 2.45) is 0 Å². The molecule has 0 radical (unpaired) electrons. The highest BCUT2D eigenvalue weighted by Gasteiger charge is 2.20. The summed E-state index contributed by atoms with van der Waals surface area (Å²) in [6.45, 7) is 2.67. The van der Waals surface area contributed by atoms with Crippen LogP contribution >= 0.6 is 11.9 Å². The highest BCUT2D eigenvalue weighted by Crippen LogP contribution is 2.32. The third-order valence-corrected chi connectivity index (χ3v) is 3.68. The quantitative estimate of drug-likeness (QED) is 0.739. The average Bonchev–Trinajstić information content (AvgIpc) is 2.18. The molecule has 0 spiro atoms. The summed E-state index contributed by atoms with van der Waals surface area (Å²) in [5, 5.41) is 0. The number of rotatable bonds is 1. The molecule has 0 aromatic heterocycles. The number of carbonyl (C=O) groups is 1. The molecule has 1 aromatic rings. The summed E-state index contributed by atoms with van der Waals surface area (Å²) in [5.74, 6) is 0.376. The Morgan fingerprint density at radius 2 is 2.27 bits per heavy atom. The predicted octanol–water partition coefficient (Wildman–Crippen LogP) is 2.75. The summed E-state index contributed by atoms with van der Waals surface area (Å²) < 4.78 is 3.31. The van der Waals surface area contributed by atoms with Crippen LogP contribution in [0.5, 0.6) is 0 Å². The van der Waals surface area contributed by atoms with E-state index in [9.17, 15) is 4.79 Å². The van der Waals surface area contributed by atoms with Gasteiger partial charge in [0.1, 0.15) is 5.78 Å². The highest BCUT2D eigenvalue weighted by molar-refractivity contribution is 7.97.